The molecule has 2 aromatic rings. The maximum absolute atomic E-state index is 13.1. The Hall–Kier alpha value is -3.58. The summed E-state index contributed by atoms with van der Waals surface area (Å²) in [5.74, 6) is -4.35. The number of carbonyl (C=O) groups excluding carboxylic acids is 3. The maximum atomic E-state index is 13.1. The van der Waals surface area contributed by atoms with E-state index in [9.17, 15) is 24.0 Å². The topological polar surface area (TPSA) is 204 Å². The molecule has 4 unspecified atom stereocenters. The highest BCUT2D eigenvalue weighted by Gasteiger charge is 2.29. The minimum atomic E-state index is -1.66. The summed E-state index contributed by atoms with van der Waals surface area (Å²) in [7, 11) is 0. The number of carboxylic acid groups (broad SMARTS) is 2. The second kappa shape index (κ2) is 13.5. The molecule has 0 aliphatic carbocycles. The van der Waals surface area contributed by atoms with E-state index in [2.05, 4.69) is 20.9 Å². The Bertz CT molecular complexity index is 1110. The van der Waals surface area contributed by atoms with Crippen molar-refractivity contribution in [2.24, 2.45) is 5.73 Å². The van der Waals surface area contributed by atoms with Crippen LogP contribution in [0.4, 0.5) is 0 Å². The molecular formula is C23H31N5O7S. The van der Waals surface area contributed by atoms with Crippen molar-refractivity contribution in [1.82, 2.24) is 20.9 Å². The number of benzene rings is 1. The van der Waals surface area contributed by atoms with Crippen LogP contribution in [0.2, 0.25) is 0 Å². The molecule has 1 aromatic heterocycles. The van der Waals surface area contributed by atoms with Gasteiger partial charge in [-0.3, -0.25) is 19.2 Å². The average Bonchev–Trinajstić information content (AvgIpc) is 3.23. The highest BCUT2D eigenvalue weighted by molar-refractivity contribution is 7.98. The van der Waals surface area contributed by atoms with Crippen LogP contribution in [0.1, 0.15) is 25.3 Å². The van der Waals surface area contributed by atoms with Gasteiger partial charge in [0.1, 0.15) is 18.1 Å². The first kappa shape index (κ1) is 28.7. The second-order valence-corrected chi connectivity index (χ2v) is 9.23. The molecule has 36 heavy (non-hydrogen) atoms. The predicted octanol–water partition coefficient (Wildman–Crippen LogP) is -0.176. The van der Waals surface area contributed by atoms with Crippen LogP contribution in [0, 0.1) is 0 Å². The average molecular weight is 522 g/mol. The van der Waals surface area contributed by atoms with E-state index < -0.39 is 60.2 Å². The molecule has 2 rings (SSSR count). The number of carboxylic acids is 2. The van der Waals surface area contributed by atoms with Gasteiger partial charge in [0, 0.05) is 23.5 Å². The van der Waals surface area contributed by atoms with Crippen molar-refractivity contribution >= 4 is 52.3 Å². The third-order valence-electron chi connectivity index (χ3n) is 5.45. The van der Waals surface area contributed by atoms with E-state index in [4.69, 9.17) is 15.9 Å². The lowest BCUT2D eigenvalue weighted by molar-refractivity contribution is -0.147. The zero-order valence-corrected chi connectivity index (χ0v) is 20.8. The smallest absolute Gasteiger partial charge is 0.326 e. The van der Waals surface area contributed by atoms with Crippen molar-refractivity contribution in [2.75, 3.05) is 12.0 Å². The van der Waals surface area contributed by atoms with E-state index in [0.29, 0.717) is 12.2 Å². The van der Waals surface area contributed by atoms with Gasteiger partial charge in [0.05, 0.1) is 12.5 Å². The number of H-pyrrole nitrogens is 1. The fourth-order valence-corrected chi connectivity index (χ4v) is 3.92. The number of aromatic amines is 1. The van der Waals surface area contributed by atoms with Crippen LogP contribution >= 0.6 is 11.8 Å². The number of para-hydroxylation sites is 1. The molecule has 1 heterocycles. The largest absolute Gasteiger partial charge is 0.481 e. The summed E-state index contributed by atoms with van der Waals surface area (Å²) in [5, 5.41) is 26.1. The molecule has 8 N–H and O–H groups in total. The number of amides is 3. The second-order valence-electron chi connectivity index (χ2n) is 8.24. The third kappa shape index (κ3) is 8.27. The van der Waals surface area contributed by atoms with Crippen molar-refractivity contribution in [2.45, 2.75) is 50.4 Å². The quantitative estimate of drug-likeness (QED) is 0.176. The molecule has 0 bridgehead atoms. The van der Waals surface area contributed by atoms with Crippen molar-refractivity contribution in [3.63, 3.8) is 0 Å². The molecule has 3 amide bonds. The number of hydrogen-bond acceptors (Lipinski definition) is 7. The first-order valence-corrected chi connectivity index (χ1v) is 12.6. The van der Waals surface area contributed by atoms with Crippen LogP contribution < -0.4 is 21.7 Å². The standard InChI is InChI=1S/C23H31N5O7S/c1-12(20(31)28-18(23(34)35)10-19(29)30)26-22(33)17(27-21(32)15(24)7-8-36-2)9-13-11-25-16-6-4-3-5-14(13)16/h3-6,11-12,15,17-18,25H,7-10,24H2,1-2H3,(H,26,33)(H,27,32)(H,28,31)(H,29,30)(H,34,35). The number of aliphatic carboxylic acids is 2. The van der Waals surface area contributed by atoms with Gasteiger partial charge in [0.25, 0.3) is 0 Å². The van der Waals surface area contributed by atoms with Crippen LogP contribution in [0.3, 0.4) is 0 Å². The van der Waals surface area contributed by atoms with E-state index in [-0.39, 0.29) is 6.42 Å². The van der Waals surface area contributed by atoms with Gasteiger partial charge >= 0.3 is 11.9 Å². The van der Waals surface area contributed by atoms with Gasteiger partial charge < -0.3 is 36.9 Å². The summed E-state index contributed by atoms with van der Waals surface area (Å²) in [4.78, 5) is 63.4. The monoisotopic (exact) mass is 521 g/mol. The first-order valence-electron chi connectivity index (χ1n) is 11.2. The van der Waals surface area contributed by atoms with Gasteiger partial charge in [-0.1, -0.05) is 18.2 Å². The van der Waals surface area contributed by atoms with Crippen molar-refractivity contribution < 1.29 is 34.2 Å². The number of nitrogens with two attached hydrogens (primary N) is 1. The minimum absolute atomic E-state index is 0.0991. The molecular weight excluding hydrogens is 490 g/mol. The Kier molecular flexibility index (Phi) is 10.7. The first-order chi connectivity index (χ1) is 17.0. The molecule has 0 saturated carbocycles. The van der Waals surface area contributed by atoms with Gasteiger partial charge in [-0.15, -0.1) is 0 Å². The van der Waals surface area contributed by atoms with Crippen LogP contribution in [0.5, 0.6) is 0 Å². The van der Waals surface area contributed by atoms with Gasteiger partial charge in [-0.2, -0.15) is 11.8 Å². The number of fused-ring (bicyclic) bond motifs is 1. The van der Waals surface area contributed by atoms with E-state index in [1.807, 2.05) is 30.5 Å². The lowest BCUT2D eigenvalue weighted by Crippen LogP contribution is -2.57. The number of hydrogen-bond donors (Lipinski definition) is 7. The van der Waals surface area contributed by atoms with Gasteiger partial charge in [-0.05, 0) is 37.0 Å². The third-order valence-corrected chi connectivity index (χ3v) is 6.09. The Morgan fingerprint density at radius 2 is 1.67 bits per heavy atom. The van der Waals surface area contributed by atoms with Crippen molar-refractivity contribution in [3.8, 4) is 0 Å². The van der Waals surface area contributed by atoms with Crippen LogP contribution in [0.15, 0.2) is 30.5 Å². The zero-order valence-electron chi connectivity index (χ0n) is 19.9. The minimum Gasteiger partial charge on any atom is -0.481 e. The molecule has 0 saturated heterocycles. The molecule has 13 heteroatoms. The van der Waals surface area contributed by atoms with Crippen LogP contribution in [-0.4, -0.2) is 81.0 Å². The summed E-state index contributed by atoms with van der Waals surface area (Å²) in [6.45, 7) is 1.32. The number of nitrogens with one attached hydrogen (secondary N) is 4. The Balaban J connectivity index is 2.17. The summed E-state index contributed by atoms with van der Waals surface area (Å²) < 4.78 is 0. The summed E-state index contributed by atoms with van der Waals surface area (Å²) in [5.41, 5.74) is 7.56. The van der Waals surface area contributed by atoms with E-state index in [1.54, 1.807) is 6.20 Å². The zero-order chi connectivity index (χ0) is 26.8. The highest BCUT2D eigenvalue weighted by Crippen LogP contribution is 2.19. The normalized spacial score (nSPS) is 14.3. The number of aromatic nitrogens is 1. The molecule has 0 radical (unpaired) electrons. The molecule has 1 aromatic carbocycles. The summed E-state index contributed by atoms with van der Waals surface area (Å²) in [6, 6.07) is 2.65. The molecule has 4 atom stereocenters. The van der Waals surface area contributed by atoms with Crippen molar-refractivity contribution in [3.05, 3.63) is 36.0 Å². The number of carbonyl (C=O) groups is 5. The Morgan fingerprint density at radius 1 is 1.00 bits per heavy atom. The van der Waals surface area contributed by atoms with Crippen LogP contribution in [-0.2, 0) is 30.4 Å². The maximum Gasteiger partial charge on any atom is 0.326 e. The van der Waals surface area contributed by atoms with E-state index >= 15 is 0 Å². The number of rotatable bonds is 14. The Morgan fingerprint density at radius 3 is 2.31 bits per heavy atom. The lowest BCUT2D eigenvalue weighted by atomic mass is 10.0. The number of thioether (sulfide) groups is 1. The van der Waals surface area contributed by atoms with Gasteiger partial charge in [-0.25, -0.2) is 4.79 Å². The summed E-state index contributed by atoms with van der Waals surface area (Å²) in [6.07, 6.45) is 3.30. The molecule has 196 valence electrons. The van der Waals surface area contributed by atoms with Crippen LogP contribution in [0.25, 0.3) is 10.9 Å². The predicted molar refractivity (Wildman–Crippen MR) is 134 cm³/mol. The molecule has 0 aliphatic heterocycles. The Labute approximate surface area is 211 Å². The highest BCUT2D eigenvalue weighted by atomic mass is 32.2. The van der Waals surface area contributed by atoms with E-state index in [0.717, 1.165) is 16.5 Å². The lowest BCUT2D eigenvalue weighted by Gasteiger charge is -2.23. The molecule has 0 aliphatic rings. The van der Waals surface area contributed by atoms with E-state index in [1.165, 1.54) is 18.7 Å². The van der Waals surface area contributed by atoms with Gasteiger partial charge in [0.2, 0.25) is 17.7 Å². The molecule has 0 spiro atoms. The SMILES string of the molecule is CSCCC(N)C(=O)NC(Cc1c[nH]c2ccccc12)C(=O)NC(C)C(=O)NC(CC(=O)O)C(=O)O. The molecule has 12 nitrogen and oxygen atoms in total. The van der Waals surface area contributed by atoms with Crippen molar-refractivity contribution in [1.29, 1.82) is 0 Å². The molecule has 0 fully saturated rings. The van der Waals surface area contributed by atoms with Gasteiger partial charge in [0.15, 0.2) is 0 Å². The fourth-order valence-electron chi connectivity index (χ4n) is 3.44. The fraction of sp³-hybridized carbons (Fsp3) is 0.435. The summed E-state index contributed by atoms with van der Waals surface area (Å²) >= 11 is 1.53.